The van der Waals surface area contributed by atoms with Gasteiger partial charge >= 0.3 is 0 Å². The van der Waals surface area contributed by atoms with Gasteiger partial charge in [0.15, 0.2) is 6.54 Å². The molecule has 0 spiro atoms. The van der Waals surface area contributed by atoms with E-state index in [1.165, 1.54) is 0 Å². The van der Waals surface area contributed by atoms with E-state index in [9.17, 15) is 9.59 Å². The van der Waals surface area contributed by atoms with Crippen molar-refractivity contribution >= 4 is 11.8 Å². The van der Waals surface area contributed by atoms with Gasteiger partial charge in [0.1, 0.15) is 25.3 Å². The molecule has 1 unspecified atom stereocenters. The van der Waals surface area contributed by atoms with Gasteiger partial charge in [-0.3, -0.25) is 20.4 Å². The Balaban J connectivity index is 1.76. The molecular formula is C15H22N3O3+. The molecule has 21 heavy (non-hydrogen) atoms. The average molecular weight is 292 g/mol. The minimum absolute atomic E-state index is 0.149. The molecular weight excluding hydrogens is 270 g/mol. The number of hydrogen-bond acceptors (Lipinski definition) is 3. The second-order valence-corrected chi connectivity index (χ2v) is 5.46. The lowest BCUT2D eigenvalue weighted by Crippen LogP contribution is -3.16. The van der Waals surface area contributed by atoms with E-state index in [1.807, 2.05) is 19.9 Å². The maximum absolute atomic E-state index is 11.9. The van der Waals surface area contributed by atoms with Crippen molar-refractivity contribution in [3.8, 4) is 0 Å². The third kappa shape index (κ3) is 4.84. The summed E-state index contributed by atoms with van der Waals surface area (Å²) in [4.78, 5) is 24.8. The second kappa shape index (κ2) is 7.19. The lowest BCUT2D eigenvalue weighted by atomic mass is 10.2. The Morgan fingerprint density at radius 2 is 1.76 bits per heavy atom. The minimum atomic E-state index is -0.317. The second-order valence-electron chi connectivity index (χ2n) is 5.46. The van der Waals surface area contributed by atoms with Crippen LogP contribution in [0.25, 0.3) is 0 Å². The van der Waals surface area contributed by atoms with Crippen molar-refractivity contribution in [3.63, 3.8) is 0 Å². The smallest absolute Gasteiger partial charge is 0.293 e. The van der Waals surface area contributed by atoms with Crippen molar-refractivity contribution in [2.75, 3.05) is 19.6 Å². The maximum Gasteiger partial charge on any atom is 0.293 e. The molecule has 2 rings (SSSR count). The van der Waals surface area contributed by atoms with Gasteiger partial charge in [0.05, 0.1) is 0 Å². The summed E-state index contributed by atoms with van der Waals surface area (Å²) in [6.45, 7) is 5.93. The van der Waals surface area contributed by atoms with Crippen LogP contribution in [0.5, 0.6) is 0 Å². The molecule has 6 nitrogen and oxygen atoms in total. The predicted octanol–water partition coefficient (Wildman–Crippen LogP) is -0.860. The predicted molar refractivity (Wildman–Crippen MR) is 77.6 cm³/mol. The molecule has 0 bridgehead atoms. The number of hydrogen-bond donors (Lipinski definition) is 3. The van der Waals surface area contributed by atoms with Crippen LogP contribution in [0.2, 0.25) is 0 Å². The van der Waals surface area contributed by atoms with Crippen molar-refractivity contribution in [2.24, 2.45) is 0 Å². The van der Waals surface area contributed by atoms with Crippen LogP contribution in [0.4, 0.5) is 0 Å². The van der Waals surface area contributed by atoms with Crippen LogP contribution in [-0.2, 0) is 9.53 Å². The van der Waals surface area contributed by atoms with E-state index < -0.39 is 0 Å². The zero-order chi connectivity index (χ0) is 15.2. The van der Waals surface area contributed by atoms with Crippen LogP contribution in [0.15, 0.2) is 30.3 Å². The monoisotopic (exact) mass is 292 g/mol. The van der Waals surface area contributed by atoms with E-state index in [0.717, 1.165) is 18.0 Å². The van der Waals surface area contributed by atoms with Crippen molar-refractivity contribution in [3.05, 3.63) is 35.9 Å². The summed E-state index contributed by atoms with van der Waals surface area (Å²) >= 11 is 0. The lowest BCUT2D eigenvalue weighted by molar-refractivity contribution is -0.907. The van der Waals surface area contributed by atoms with Gasteiger partial charge in [0.25, 0.3) is 11.8 Å². The van der Waals surface area contributed by atoms with E-state index in [-0.39, 0.29) is 24.0 Å². The van der Waals surface area contributed by atoms with Crippen molar-refractivity contribution in [1.29, 1.82) is 0 Å². The molecule has 0 aromatic heterocycles. The molecule has 1 aliphatic rings. The highest BCUT2D eigenvalue weighted by Gasteiger charge is 2.27. The molecule has 1 aromatic rings. The van der Waals surface area contributed by atoms with Gasteiger partial charge in [0.2, 0.25) is 0 Å². The summed E-state index contributed by atoms with van der Waals surface area (Å²) in [5.41, 5.74) is 5.40. The zero-order valence-corrected chi connectivity index (χ0v) is 12.4. The lowest BCUT2D eigenvalue weighted by Gasteiger charge is -2.31. The number of benzene rings is 1. The Morgan fingerprint density at radius 1 is 1.14 bits per heavy atom. The summed E-state index contributed by atoms with van der Waals surface area (Å²) in [6, 6.07) is 8.77. The van der Waals surface area contributed by atoms with E-state index in [4.69, 9.17) is 4.74 Å². The number of nitrogens with one attached hydrogen (secondary N) is 3. The van der Waals surface area contributed by atoms with Gasteiger partial charge in [-0.05, 0) is 26.0 Å². The summed E-state index contributed by atoms with van der Waals surface area (Å²) in [5, 5.41) is 0. The average Bonchev–Trinajstić information content (AvgIpc) is 2.44. The van der Waals surface area contributed by atoms with Crippen LogP contribution in [0.3, 0.4) is 0 Å². The first-order valence-electron chi connectivity index (χ1n) is 7.18. The quantitative estimate of drug-likeness (QED) is 0.635. The number of rotatable bonds is 3. The highest BCUT2D eigenvalue weighted by Crippen LogP contribution is 1.98. The molecule has 0 saturated carbocycles. The van der Waals surface area contributed by atoms with Gasteiger partial charge < -0.3 is 9.64 Å². The van der Waals surface area contributed by atoms with E-state index >= 15 is 0 Å². The summed E-state index contributed by atoms with van der Waals surface area (Å²) in [6.07, 6.45) is 0.297. The third-order valence-corrected chi connectivity index (χ3v) is 3.38. The van der Waals surface area contributed by atoms with Gasteiger partial charge in [0, 0.05) is 5.56 Å². The molecule has 1 aromatic carbocycles. The first-order valence-corrected chi connectivity index (χ1v) is 7.18. The number of amides is 2. The Morgan fingerprint density at radius 3 is 2.38 bits per heavy atom. The molecule has 2 amide bonds. The number of morpholine rings is 1. The first-order chi connectivity index (χ1) is 10.0. The fraction of sp³-hybridized carbons (Fsp3) is 0.467. The molecule has 1 heterocycles. The number of ether oxygens (including phenoxy) is 1. The zero-order valence-electron chi connectivity index (χ0n) is 12.4. The van der Waals surface area contributed by atoms with Crippen molar-refractivity contribution in [2.45, 2.75) is 26.1 Å². The molecule has 6 heteroatoms. The Bertz CT molecular complexity index is 482. The fourth-order valence-corrected chi connectivity index (χ4v) is 2.59. The molecule has 0 radical (unpaired) electrons. The number of quaternary nitrogens is 1. The topological polar surface area (TPSA) is 71.9 Å². The SMILES string of the molecule is C[C@@H]1C[NH+](CC(=O)NNC(=O)c2ccccc2)C[C@H](C)O1. The summed E-state index contributed by atoms with van der Waals surface area (Å²) in [7, 11) is 0. The van der Waals surface area contributed by atoms with Gasteiger partial charge in [-0.25, -0.2) is 0 Å². The van der Waals surface area contributed by atoms with Crippen LogP contribution < -0.4 is 15.8 Å². The van der Waals surface area contributed by atoms with Crippen LogP contribution in [0.1, 0.15) is 24.2 Å². The Kier molecular flexibility index (Phi) is 5.30. The molecule has 114 valence electrons. The fourth-order valence-electron chi connectivity index (χ4n) is 2.59. The van der Waals surface area contributed by atoms with E-state index in [2.05, 4.69) is 10.9 Å². The van der Waals surface area contributed by atoms with E-state index in [0.29, 0.717) is 12.1 Å². The first kappa shape index (κ1) is 15.5. The highest BCUT2D eigenvalue weighted by molar-refractivity contribution is 5.95. The highest BCUT2D eigenvalue weighted by atomic mass is 16.5. The molecule has 3 N–H and O–H groups in total. The normalized spacial score (nSPS) is 25.1. The standard InChI is InChI=1S/C15H21N3O3/c1-11-8-18(9-12(2)21-11)10-14(19)16-17-15(20)13-6-4-3-5-7-13/h3-7,11-12H,8-10H2,1-2H3,(H,16,19)(H,17,20)/p+1/t11-,12+. The molecule has 1 aliphatic heterocycles. The van der Waals surface area contributed by atoms with E-state index in [1.54, 1.807) is 24.3 Å². The molecule has 0 aliphatic carbocycles. The number of hydrazine groups is 1. The third-order valence-electron chi connectivity index (χ3n) is 3.38. The summed E-state index contributed by atoms with van der Waals surface area (Å²) < 4.78 is 5.63. The van der Waals surface area contributed by atoms with Gasteiger partial charge in [-0.15, -0.1) is 0 Å². The maximum atomic E-state index is 11.9. The number of carbonyl (C=O) groups excluding carboxylic acids is 2. The van der Waals surface area contributed by atoms with Crippen LogP contribution in [-0.4, -0.2) is 43.7 Å². The van der Waals surface area contributed by atoms with Crippen molar-refractivity contribution in [1.82, 2.24) is 10.9 Å². The Hall–Kier alpha value is -1.92. The van der Waals surface area contributed by atoms with Gasteiger partial charge in [-0.1, -0.05) is 18.2 Å². The molecule has 1 saturated heterocycles. The minimum Gasteiger partial charge on any atom is -0.364 e. The van der Waals surface area contributed by atoms with Gasteiger partial charge in [-0.2, -0.15) is 0 Å². The molecule has 3 atom stereocenters. The van der Waals surface area contributed by atoms with Crippen LogP contribution >= 0.6 is 0 Å². The largest absolute Gasteiger partial charge is 0.364 e. The van der Waals surface area contributed by atoms with Crippen molar-refractivity contribution < 1.29 is 19.2 Å². The molecule has 1 fully saturated rings. The van der Waals surface area contributed by atoms with Crippen LogP contribution in [0, 0.1) is 0 Å². The Labute approximate surface area is 124 Å². The summed E-state index contributed by atoms with van der Waals surface area (Å²) in [5.74, 6) is -0.516. The number of carbonyl (C=O) groups is 2.